The SMILES string of the molecule is COc1cccc(C(=O)N2CCN(C(=O)COc3ccccc3)CC2)c1OC. The van der Waals surface area contributed by atoms with Gasteiger partial charge in [-0.25, -0.2) is 0 Å². The molecule has 3 rings (SSSR count). The number of hydrogen-bond donors (Lipinski definition) is 0. The first kappa shape index (κ1) is 19.5. The Morgan fingerprint density at radius 2 is 1.54 bits per heavy atom. The van der Waals surface area contributed by atoms with Gasteiger partial charge < -0.3 is 24.0 Å². The van der Waals surface area contributed by atoms with Crippen LogP contribution in [0.25, 0.3) is 0 Å². The Hall–Kier alpha value is -3.22. The van der Waals surface area contributed by atoms with Crippen LogP contribution in [0.4, 0.5) is 0 Å². The molecule has 1 heterocycles. The molecule has 0 bridgehead atoms. The molecule has 28 heavy (non-hydrogen) atoms. The molecule has 0 unspecified atom stereocenters. The van der Waals surface area contributed by atoms with Crippen LogP contribution in [0.2, 0.25) is 0 Å². The fourth-order valence-corrected chi connectivity index (χ4v) is 3.14. The van der Waals surface area contributed by atoms with Gasteiger partial charge in [-0.15, -0.1) is 0 Å². The quantitative estimate of drug-likeness (QED) is 0.763. The van der Waals surface area contributed by atoms with Gasteiger partial charge in [0.05, 0.1) is 19.8 Å². The van der Waals surface area contributed by atoms with Gasteiger partial charge >= 0.3 is 0 Å². The van der Waals surface area contributed by atoms with Crippen LogP contribution in [-0.4, -0.2) is 68.6 Å². The van der Waals surface area contributed by atoms with E-state index in [0.717, 1.165) is 0 Å². The molecule has 148 valence electrons. The van der Waals surface area contributed by atoms with Crippen molar-refractivity contribution in [3.05, 3.63) is 54.1 Å². The molecule has 1 aliphatic heterocycles. The Morgan fingerprint density at radius 3 is 2.18 bits per heavy atom. The maximum Gasteiger partial charge on any atom is 0.260 e. The molecule has 0 N–H and O–H groups in total. The summed E-state index contributed by atoms with van der Waals surface area (Å²) < 4.78 is 16.1. The molecule has 7 nitrogen and oxygen atoms in total. The molecule has 0 saturated carbocycles. The zero-order valence-corrected chi connectivity index (χ0v) is 16.1. The maximum absolute atomic E-state index is 12.9. The lowest BCUT2D eigenvalue weighted by Crippen LogP contribution is -2.51. The largest absolute Gasteiger partial charge is 0.493 e. The Morgan fingerprint density at radius 1 is 0.857 bits per heavy atom. The first-order valence-corrected chi connectivity index (χ1v) is 9.10. The number of amides is 2. The summed E-state index contributed by atoms with van der Waals surface area (Å²) in [6, 6.07) is 14.5. The molecule has 0 aliphatic carbocycles. The Labute approximate surface area is 164 Å². The van der Waals surface area contributed by atoms with Gasteiger partial charge in [0.15, 0.2) is 18.1 Å². The average Bonchev–Trinajstić information content (AvgIpc) is 2.77. The van der Waals surface area contributed by atoms with E-state index in [1.165, 1.54) is 14.2 Å². The third-order valence-electron chi connectivity index (χ3n) is 4.66. The molecule has 2 aromatic rings. The van der Waals surface area contributed by atoms with E-state index in [4.69, 9.17) is 14.2 Å². The van der Waals surface area contributed by atoms with Crippen molar-refractivity contribution < 1.29 is 23.8 Å². The van der Waals surface area contributed by atoms with Crippen molar-refractivity contribution in [3.8, 4) is 17.2 Å². The van der Waals surface area contributed by atoms with Crippen LogP contribution in [0.5, 0.6) is 17.2 Å². The molecular formula is C21H24N2O5. The standard InChI is InChI=1S/C21H24N2O5/c1-26-18-10-6-9-17(20(18)27-2)21(25)23-13-11-22(12-14-23)19(24)15-28-16-7-4-3-5-8-16/h3-10H,11-15H2,1-2H3. The lowest BCUT2D eigenvalue weighted by atomic mass is 10.1. The first-order chi connectivity index (χ1) is 13.6. The maximum atomic E-state index is 12.9. The number of para-hydroxylation sites is 2. The summed E-state index contributed by atoms with van der Waals surface area (Å²) in [6.07, 6.45) is 0. The molecule has 2 amide bonds. The van der Waals surface area contributed by atoms with Crippen molar-refractivity contribution >= 4 is 11.8 Å². The first-order valence-electron chi connectivity index (χ1n) is 9.10. The molecule has 0 aromatic heterocycles. The van der Waals surface area contributed by atoms with Gasteiger partial charge in [0, 0.05) is 26.2 Å². The number of hydrogen-bond acceptors (Lipinski definition) is 5. The van der Waals surface area contributed by atoms with Crippen molar-refractivity contribution in [3.63, 3.8) is 0 Å². The fraction of sp³-hybridized carbons (Fsp3) is 0.333. The second kappa shape index (κ2) is 9.12. The van der Waals surface area contributed by atoms with Crippen LogP contribution in [0.15, 0.2) is 48.5 Å². The molecule has 1 saturated heterocycles. The predicted octanol–water partition coefficient (Wildman–Crippen LogP) is 2.07. The monoisotopic (exact) mass is 384 g/mol. The third-order valence-corrected chi connectivity index (χ3v) is 4.66. The normalized spacial score (nSPS) is 13.8. The Bertz CT molecular complexity index is 817. The summed E-state index contributed by atoms with van der Waals surface area (Å²) in [6.45, 7) is 1.83. The molecule has 7 heteroatoms. The summed E-state index contributed by atoms with van der Waals surface area (Å²) in [7, 11) is 3.05. The minimum absolute atomic E-state index is 0.0122. The van der Waals surface area contributed by atoms with Gasteiger partial charge in [-0.2, -0.15) is 0 Å². The van der Waals surface area contributed by atoms with Gasteiger partial charge in [-0.3, -0.25) is 9.59 Å². The van der Waals surface area contributed by atoms with E-state index in [1.807, 2.05) is 30.3 Å². The molecule has 0 atom stereocenters. The number of rotatable bonds is 6. The van der Waals surface area contributed by atoms with Crippen molar-refractivity contribution in [1.82, 2.24) is 9.80 Å². The zero-order valence-electron chi connectivity index (χ0n) is 16.1. The zero-order chi connectivity index (χ0) is 19.9. The number of benzene rings is 2. The molecule has 2 aromatic carbocycles. The lowest BCUT2D eigenvalue weighted by Gasteiger charge is -2.35. The minimum Gasteiger partial charge on any atom is -0.493 e. The number of carbonyl (C=O) groups is 2. The fourth-order valence-electron chi connectivity index (χ4n) is 3.14. The van der Waals surface area contributed by atoms with E-state index in [1.54, 1.807) is 28.0 Å². The van der Waals surface area contributed by atoms with Crippen LogP contribution in [-0.2, 0) is 4.79 Å². The van der Waals surface area contributed by atoms with Gasteiger partial charge in [0.1, 0.15) is 5.75 Å². The van der Waals surface area contributed by atoms with E-state index in [9.17, 15) is 9.59 Å². The lowest BCUT2D eigenvalue weighted by molar-refractivity contribution is -0.134. The summed E-state index contributed by atoms with van der Waals surface area (Å²) in [5, 5.41) is 0. The van der Waals surface area contributed by atoms with Gasteiger partial charge in [-0.05, 0) is 24.3 Å². The smallest absolute Gasteiger partial charge is 0.260 e. The predicted molar refractivity (Wildman–Crippen MR) is 104 cm³/mol. The second-order valence-corrected chi connectivity index (χ2v) is 6.32. The topological polar surface area (TPSA) is 68.3 Å². The Balaban J connectivity index is 1.56. The highest BCUT2D eigenvalue weighted by Gasteiger charge is 2.27. The molecule has 0 radical (unpaired) electrons. The number of nitrogens with zero attached hydrogens (tertiary/aromatic N) is 2. The van der Waals surface area contributed by atoms with Crippen molar-refractivity contribution in [2.75, 3.05) is 47.0 Å². The number of carbonyl (C=O) groups excluding carboxylic acids is 2. The highest BCUT2D eigenvalue weighted by atomic mass is 16.5. The Kier molecular flexibility index (Phi) is 6.37. The van der Waals surface area contributed by atoms with Crippen molar-refractivity contribution in [2.24, 2.45) is 0 Å². The highest BCUT2D eigenvalue weighted by molar-refractivity contribution is 5.98. The minimum atomic E-state index is -0.136. The van der Waals surface area contributed by atoms with E-state index >= 15 is 0 Å². The number of piperazine rings is 1. The summed E-state index contributed by atoms with van der Waals surface area (Å²) >= 11 is 0. The summed E-state index contributed by atoms with van der Waals surface area (Å²) in [5.41, 5.74) is 0.453. The molecule has 1 aliphatic rings. The van der Waals surface area contributed by atoms with E-state index < -0.39 is 0 Å². The van der Waals surface area contributed by atoms with Gasteiger partial charge in [-0.1, -0.05) is 24.3 Å². The summed E-state index contributed by atoms with van der Waals surface area (Å²) in [5.74, 6) is 1.37. The molecule has 1 fully saturated rings. The average molecular weight is 384 g/mol. The van der Waals surface area contributed by atoms with Crippen LogP contribution in [0, 0.1) is 0 Å². The van der Waals surface area contributed by atoms with Gasteiger partial charge in [0.2, 0.25) is 0 Å². The van der Waals surface area contributed by atoms with Crippen molar-refractivity contribution in [2.45, 2.75) is 0 Å². The van der Waals surface area contributed by atoms with Crippen LogP contribution < -0.4 is 14.2 Å². The van der Waals surface area contributed by atoms with Gasteiger partial charge in [0.25, 0.3) is 11.8 Å². The van der Waals surface area contributed by atoms with E-state index in [-0.39, 0.29) is 18.4 Å². The van der Waals surface area contributed by atoms with Crippen LogP contribution in [0.1, 0.15) is 10.4 Å². The third kappa shape index (κ3) is 4.36. The second-order valence-electron chi connectivity index (χ2n) is 6.32. The highest BCUT2D eigenvalue weighted by Crippen LogP contribution is 2.31. The number of ether oxygens (including phenoxy) is 3. The van der Waals surface area contributed by atoms with E-state index in [0.29, 0.717) is 49.0 Å². The number of methoxy groups -OCH3 is 2. The van der Waals surface area contributed by atoms with Crippen molar-refractivity contribution in [1.29, 1.82) is 0 Å². The summed E-state index contributed by atoms with van der Waals surface area (Å²) in [4.78, 5) is 28.7. The van der Waals surface area contributed by atoms with E-state index in [2.05, 4.69) is 0 Å². The van der Waals surface area contributed by atoms with Crippen LogP contribution in [0.3, 0.4) is 0 Å². The van der Waals surface area contributed by atoms with Crippen LogP contribution >= 0.6 is 0 Å². The molecular weight excluding hydrogens is 360 g/mol. The molecule has 0 spiro atoms.